The largest absolute Gasteiger partial charge is 0.321 e. The van der Waals surface area contributed by atoms with Gasteiger partial charge in [0.15, 0.2) is 0 Å². The highest BCUT2D eigenvalue weighted by Crippen LogP contribution is 2.36. The predicted molar refractivity (Wildman–Crippen MR) is 76.2 cm³/mol. The highest BCUT2D eigenvalue weighted by atomic mass is 127. The molecule has 1 saturated carbocycles. The second kappa shape index (κ2) is 4.44. The summed E-state index contributed by atoms with van der Waals surface area (Å²) >= 11 is 2.25. The van der Waals surface area contributed by atoms with Crippen LogP contribution >= 0.6 is 22.6 Å². The molecule has 83 valence electrons. The van der Waals surface area contributed by atoms with E-state index in [1.165, 1.54) is 0 Å². The third kappa shape index (κ3) is 2.12. The van der Waals surface area contributed by atoms with Crippen LogP contribution < -0.4 is 5.32 Å². The molecule has 0 spiro atoms. The van der Waals surface area contributed by atoms with Crippen LogP contribution in [-0.2, 0) is 4.79 Å². The maximum atomic E-state index is 11.9. The molecule has 17 heavy (non-hydrogen) atoms. The van der Waals surface area contributed by atoms with Crippen LogP contribution in [-0.4, -0.2) is 5.91 Å². The minimum absolute atomic E-state index is 0.0248. The maximum absolute atomic E-state index is 11.9. The number of benzene rings is 1. The topological polar surface area (TPSA) is 29.1 Å². The molecule has 1 heterocycles. The lowest BCUT2D eigenvalue weighted by atomic mass is 10.00. The lowest BCUT2D eigenvalue weighted by molar-refractivity contribution is -0.110. The van der Waals surface area contributed by atoms with Crippen molar-refractivity contribution in [2.45, 2.75) is 0 Å². The number of carbonyl (C=O) groups excluding carboxylic acids is 1. The maximum Gasteiger partial charge on any atom is 0.256 e. The van der Waals surface area contributed by atoms with Crippen LogP contribution in [0.15, 0.2) is 24.3 Å². The van der Waals surface area contributed by atoms with E-state index < -0.39 is 0 Å². The Labute approximate surface area is 115 Å². The van der Waals surface area contributed by atoms with Crippen molar-refractivity contribution >= 4 is 39.8 Å². The van der Waals surface area contributed by atoms with Gasteiger partial charge in [-0.05, 0) is 66.5 Å². The predicted octanol–water partition coefficient (Wildman–Crippen LogP) is 3.03. The molecular weight excluding hydrogens is 325 g/mol. The van der Waals surface area contributed by atoms with Gasteiger partial charge in [0.1, 0.15) is 0 Å². The highest BCUT2D eigenvalue weighted by molar-refractivity contribution is 14.1. The Morgan fingerprint density at radius 3 is 2.71 bits per heavy atom. The zero-order valence-electron chi connectivity index (χ0n) is 8.91. The van der Waals surface area contributed by atoms with Crippen molar-refractivity contribution in [3.8, 4) is 0 Å². The highest BCUT2D eigenvalue weighted by Gasteiger charge is 2.26. The molecule has 2 nitrogen and oxygen atoms in total. The van der Waals surface area contributed by atoms with E-state index in [2.05, 4.69) is 27.9 Å². The number of rotatable bonds is 1. The van der Waals surface area contributed by atoms with Crippen molar-refractivity contribution < 1.29 is 4.79 Å². The SMILES string of the molecule is O=C1Nc2ccc(I)cc2/C1=C\[C]1[CH][CH][CH][CH]1. The molecule has 1 aromatic rings. The standard InChI is InChI=1S/C14H9INO/c15-10-5-6-13-11(8-10)12(14(17)16-13)7-9-3-1-2-4-9/h1-8H,(H,16,17)/b12-7+. The van der Waals surface area contributed by atoms with Crippen molar-refractivity contribution in [3.63, 3.8) is 0 Å². The lowest BCUT2D eigenvalue weighted by Crippen LogP contribution is -2.04. The molecular formula is C14H9INO. The average Bonchev–Trinajstić information content (AvgIpc) is 2.90. The second-order valence-electron chi connectivity index (χ2n) is 3.92. The summed E-state index contributed by atoms with van der Waals surface area (Å²) in [4.78, 5) is 11.9. The molecule has 1 amide bonds. The molecule has 0 atom stereocenters. The van der Waals surface area contributed by atoms with Gasteiger partial charge in [-0.1, -0.05) is 6.08 Å². The zero-order valence-corrected chi connectivity index (χ0v) is 11.1. The van der Waals surface area contributed by atoms with Crippen LogP contribution in [0, 0.1) is 35.2 Å². The normalized spacial score (nSPS) is 21.9. The molecule has 0 unspecified atom stereocenters. The Morgan fingerprint density at radius 1 is 1.18 bits per heavy atom. The Bertz CT molecular complexity index is 501. The van der Waals surface area contributed by atoms with E-state index in [4.69, 9.17) is 0 Å². The fourth-order valence-corrected chi connectivity index (χ4v) is 2.45. The number of carbonyl (C=O) groups is 1. The fraction of sp³-hybridized carbons (Fsp3) is 0. The summed E-state index contributed by atoms with van der Waals surface area (Å²) in [6.45, 7) is 0. The van der Waals surface area contributed by atoms with Crippen LogP contribution in [0.1, 0.15) is 5.56 Å². The van der Waals surface area contributed by atoms with E-state index in [9.17, 15) is 4.79 Å². The number of allylic oxidation sites excluding steroid dienone is 1. The summed E-state index contributed by atoms with van der Waals surface area (Å²) in [5.74, 6) is 1.03. The number of nitrogens with one attached hydrogen (secondary N) is 1. The third-order valence-corrected chi connectivity index (χ3v) is 3.44. The van der Waals surface area contributed by atoms with Gasteiger partial charge in [0.05, 0.1) is 0 Å². The average molecular weight is 334 g/mol. The second-order valence-corrected chi connectivity index (χ2v) is 5.17. The van der Waals surface area contributed by atoms with E-state index >= 15 is 0 Å². The summed E-state index contributed by atoms with van der Waals surface area (Å²) in [5.41, 5.74) is 2.63. The third-order valence-electron chi connectivity index (χ3n) is 2.76. The Hall–Kier alpha value is -0.840. The number of hydrogen-bond acceptors (Lipinski definition) is 1. The molecule has 0 aromatic heterocycles. The van der Waals surface area contributed by atoms with Gasteiger partial charge >= 0.3 is 0 Å². The Balaban J connectivity index is 2.00. The van der Waals surface area contributed by atoms with E-state index in [0.717, 1.165) is 26.3 Å². The number of amides is 1. The summed E-state index contributed by atoms with van der Waals surface area (Å²) in [6.07, 6.45) is 9.85. The van der Waals surface area contributed by atoms with E-state index in [0.29, 0.717) is 0 Å². The molecule has 5 radical (unpaired) electrons. The monoisotopic (exact) mass is 334 g/mol. The van der Waals surface area contributed by atoms with Crippen molar-refractivity contribution in [2.75, 3.05) is 5.32 Å². The van der Waals surface area contributed by atoms with Gasteiger partial charge in [-0.3, -0.25) is 4.79 Å². The molecule has 1 aromatic carbocycles. The Morgan fingerprint density at radius 2 is 1.94 bits per heavy atom. The minimum atomic E-state index is -0.0248. The van der Waals surface area contributed by atoms with Gasteiger partial charge in [-0.2, -0.15) is 0 Å². The first-order valence-electron chi connectivity index (χ1n) is 5.29. The van der Waals surface area contributed by atoms with E-state index in [1.807, 2.05) is 50.0 Å². The number of hydrogen-bond donors (Lipinski definition) is 1. The van der Waals surface area contributed by atoms with E-state index in [1.54, 1.807) is 0 Å². The Kier molecular flexibility index (Phi) is 2.94. The molecule has 1 aliphatic carbocycles. The van der Waals surface area contributed by atoms with Gasteiger partial charge in [-0.25, -0.2) is 0 Å². The number of anilines is 1. The van der Waals surface area contributed by atoms with Crippen LogP contribution in [0.3, 0.4) is 0 Å². The molecule has 3 rings (SSSR count). The molecule has 0 bridgehead atoms. The summed E-state index contributed by atoms with van der Waals surface area (Å²) in [5, 5.41) is 2.88. The first-order valence-corrected chi connectivity index (χ1v) is 6.36. The minimum Gasteiger partial charge on any atom is -0.321 e. The number of halogens is 1. The van der Waals surface area contributed by atoms with Gasteiger partial charge in [0.25, 0.3) is 5.91 Å². The first-order chi connectivity index (χ1) is 8.24. The number of fused-ring (bicyclic) bond motifs is 1. The first kappa shape index (κ1) is 11.3. The smallest absolute Gasteiger partial charge is 0.256 e. The summed E-state index contributed by atoms with van der Waals surface area (Å²) in [7, 11) is 0. The van der Waals surface area contributed by atoms with Gasteiger partial charge in [0, 0.05) is 26.3 Å². The van der Waals surface area contributed by atoms with Gasteiger partial charge in [0.2, 0.25) is 0 Å². The van der Waals surface area contributed by atoms with Crippen LogP contribution in [0.25, 0.3) is 5.57 Å². The molecule has 0 saturated heterocycles. The molecule has 1 fully saturated rings. The molecule has 3 heteroatoms. The van der Waals surface area contributed by atoms with Crippen molar-refractivity contribution in [2.24, 2.45) is 0 Å². The van der Waals surface area contributed by atoms with Crippen molar-refractivity contribution in [3.05, 3.63) is 65.0 Å². The van der Waals surface area contributed by atoms with Crippen molar-refractivity contribution in [1.29, 1.82) is 0 Å². The van der Waals surface area contributed by atoms with Crippen LogP contribution in [0.2, 0.25) is 0 Å². The van der Waals surface area contributed by atoms with Gasteiger partial charge in [-0.15, -0.1) is 0 Å². The summed E-state index contributed by atoms with van der Waals surface area (Å²) in [6, 6.07) is 5.97. The quantitative estimate of drug-likeness (QED) is 0.621. The molecule has 1 aliphatic heterocycles. The molecule has 1 N–H and O–H groups in total. The summed E-state index contributed by atoms with van der Waals surface area (Å²) < 4.78 is 1.13. The zero-order chi connectivity index (χ0) is 11.8. The van der Waals surface area contributed by atoms with Crippen molar-refractivity contribution in [1.82, 2.24) is 0 Å². The van der Waals surface area contributed by atoms with Crippen LogP contribution in [0.5, 0.6) is 0 Å². The van der Waals surface area contributed by atoms with Gasteiger partial charge < -0.3 is 5.32 Å². The lowest BCUT2D eigenvalue weighted by Gasteiger charge is -2.03. The molecule has 2 aliphatic rings. The van der Waals surface area contributed by atoms with E-state index in [-0.39, 0.29) is 5.91 Å². The fourth-order valence-electron chi connectivity index (χ4n) is 1.96. The van der Waals surface area contributed by atoms with Crippen LogP contribution in [0.4, 0.5) is 5.69 Å².